The first-order chi connectivity index (χ1) is 12.3. The fourth-order valence-electron chi connectivity index (χ4n) is 3.86. The van der Waals surface area contributed by atoms with E-state index >= 15 is 0 Å². The van der Waals surface area contributed by atoms with Crippen LogP contribution in [-0.2, 0) is 5.41 Å². The summed E-state index contributed by atoms with van der Waals surface area (Å²) in [6, 6.07) is 8.13. The largest absolute Gasteiger partial charge is 0.363 e. The molecule has 1 saturated carbocycles. The average Bonchev–Trinajstić information content (AvgIpc) is 2.59. The number of nitrogens with zero attached hydrogens (tertiary/aromatic N) is 3. The zero-order valence-electron chi connectivity index (χ0n) is 16.5. The number of anilines is 1. The van der Waals surface area contributed by atoms with Gasteiger partial charge in [0.15, 0.2) is 0 Å². The second-order valence-corrected chi connectivity index (χ2v) is 8.52. The first kappa shape index (κ1) is 20.2. The van der Waals surface area contributed by atoms with Crippen LogP contribution in [0.3, 0.4) is 0 Å². The highest BCUT2D eigenvalue weighted by atomic mass is 16.6. The van der Waals surface area contributed by atoms with Gasteiger partial charge >= 0.3 is 0 Å². The highest BCUT2D eigenvalue weighted by molar-refractivity contribution is 5.65. The Kier molecular flexibility index (Phi) is 6.63. The van der Waals surface area contributed by atoms with Gasteiger partial charge in [-0.2, -0.15) is 5.26 Å². The maximum Gasteiger partial charge on any atom is 0.292 e. The van der Waals surface area contributed by atoms with Crippen LogP contribution in [0.5, 0.6) is 0 Å². The van der Waals surface area contributed by atoms with E-state index < -0.39 is 5.41 Å². The molecule has 0 N–H and O–H groups in total. The molecule has 1 fully saturated rings. The molecular formula is C21H31N3O2. The second kappa shape index (κ2) is 8.53. The average molecular weight is 357 g/mol. The molecule has 0 bridgehead atoms. The van der Waals surface area contributed by atoms with Gasteiger partial charge in [0.2, 0.25) is 0 Å². The quantitative estimate of drug-likeness (QED) is 0.472. The smallest absolute Gasteiger partial charge is 0.292 e. The Balaban J connectivity index is 2.47. The molecule has 5 heteroatoms. The van der Waals surface area contributed by atoms with E-state index in [1.807, 2.05) is 26.0 Å². The highest BCUT2D eigenvalue weighted by Gasteiger charge is 2.30. The van der Waals surface area contributed by atoms with E-state index in [-0.39, 0.29) is 10.6 Å². The maximum absolute atomic E-state index is 11.8. The predicted molar refractivity (Wildman–Crippen MR) is 105 cm³/mol. The van der Waals surface area contributed by atoms with E-state index in [0.29, 0.717) is 18.4 Å². The molecule has 1 aliphatic carbocycles. The number of nitro groups is 1. The normalized spacial score (nSPS) is 15.7. The van der Waals surface area contributed by atoms with Gasteiger partial charge < -0.3 is 4.90 Å². The van der Waals surface area contributed by atoms with Crippen molar-refractivity contribution in [1.82, 2.24) is 0 Å². The van der Waals surface area contributed by atoms with E-state index in [9.17, 15) is 10.1 Å². The fraction of sp³-hybridized carbons (Fsp3) is 0.667. The molecule has 1 aromatic rings. The Bertz CT molecular complexity index is 670. The van der Waals surface area contributed by atoms with Gasteiger partial charge in [-0.25, -0.2) is 0 Å². The van der Waals surface area contributed by atoms with E-state index in [4.69, 9.17) is 5.26 Å². The van der Waals surface area contributed by atoms with Gasteiger partial charge in [0.1, 0.15) is 5.69 Å². The van der Waals surface area contributed by atoms with Crippen molar-refractivity contribution in [3.63, 3.8) is 0 Å². The summed E-state index contributed by atoms with van der Waals surface area (Å²) in [6.07, 6.45) is 6.19. The molecule has 0 spiro atoms. The van der Waals surface area contributed by atoms with Crippen molar-refractivity contribution in [3.05, 3.63) is 33.9 Å². The summed E-state index contributed by atoms with van der Waals surface area (Å²) in [4.78, 5) is 13.8. The summed E-state index contributed by atoms with van der Waals surface area (Å²) in [7, 11) is 0. The highest BCUT2D eigenvalue weighted by Crippen LogP contribution is 2.38. The van der Waals surface area contributed by atoms with Crippen LogP contribution in [0, 0.1) is 27.4 Å². The number of nitro benzene ring substituents is 1. The third-order valence-electron chi connectivity index (χ3n) is 5.36. The topological polar surface area (TPSA) is 70.2 Å². The van der Waals surface area contributed by atoms with Gasteiger partial charge in [0.05, 0.1) is 11.0 Å². The van der Waals surface area contributed by atoms with Crippen LogP contribution in [0.25, 0.3) is 0 Å². The van der Waals surface area contributed by atoms with Gasteiger partial charge in [-0.3, -0.25) is 10.1 Å². The second-order valence-electron chi connectivity index (χ2n) is 8.52. The molecule has 26 heavy (non-hydrogen) atoms. The van der Waals surface area contributed by atoms with Gasteiger partial charge in [0.25, 0.3) is 5.69 Å². The lowest BCUT2D eigenvalue weighted by Crippen LogP contribution is -2.39. The molecule has 0 aliphatic heterocycles. The number of nitriles is 1. The lowest BCUT2D eigenvalue weighted by atomic mass is 9.81. The Morgan fingerprint density at radius 3 is 2.50 bits per heavy atom. The Morgan fingerprint density at radius 2 is 1.96 bits per heavy atom. The summed E-state index contributed by atoms with van der Waals surface area (Å²) in [6.45, 7) is 9.06. The molecule has 0 saturated heterocycles. The fourth-order valence-corrected chi connectivity index (χ4v) is 3.86. The molecule has 0 atom stereocenters. The van der Waals surface area contributed by atoms with Crippen molar-refractivity contribution in [2.75, 3.05) is 11.4 Å². The minimum Gasteiger partial charge on any atom is -0.363 e. The standard InChI is InChI=1S/C21H31N3O2/c1-16(2)15-23(18-8-6-5-7-9-18)19-11-10-17(14-20(19)24(25)26)21(3,4)12-13-22/h10-11,14,16,18H,5-9,12,15H2,1-4H3. The van der Waals surface area contributed by atoms with Gasteiger partial charge in [-0.05, 0) is 30.4 Å². The zero-order chi connectivity index (χ0) is 19.3. The number of hydrogen-bond acceptors (Lipinski definition) is 4. The van der Waals surface area contributed by atoms with Crippen molar-refractivity contribution in [3.8, 4) is 6.07 Å². The summed E-state index contributed by atoms with van der Waals surface area (Å²) in [5.41, 5.74) is 1.35. The van der Waals surface area contributed by atoms with Crippen LogP contribution in [-0.4, -0.2) is 17.5 Å². The van der Waals surface area contributed by atoms with Crippen molar-refractivity contribution < 1.29 is 4.92 Å². The summed E-state index contributed by atoms with van der Waals surface area (Å²) in [5, 5.41) is 20.9. The van der Waals surface area contributed by atoms with Crippen LogP contribution < -0.4 is 4.90 Å². The minimum atomic E-state index is -0.397. The first-order valence-electron chi connectivity index (χ1n) is 9.68. The van der Waals surface area contributed by atoms with E-state index in [0.717, 1.165) is 30.6 Å². The Labute approximate surface area is 157 Å². The number of rotatable bonds is 7. The molecule has 5 nitrogen and oxygen atoms in total. The van der Waals surface area contributed by atoms with Crippen molar-refractivity contribution >= 4 is 11.4 Å². The molecule has 0 heterocycles. The minimum absolute atomic E-state index is 0.166. The van der Waals surface area contributed by atoms with Crippen molar-refractivity contribution in [2.24, 2.45) is 5.92 Å². The molecule has 142 valence electrons. The summed E-state index contributed by atoms with van der Waals surface area (Å²) < 4.78 is 0. The Morgan fingerprint density at radius 1 is 1.31 bits per heavy atom. The predicted octanol–water partition coefficient (Wildman–Crippen LogP) is 5.58. The molecule has 2 rings (SSSR count). The lowest BCUT2D eigenvalue weighted by Gasteiger charge is -2.37. The third kappa shape index (κ3) is 4.75. The van der Waals surface area contributed by atoms with Crippen LogP contribution >= 0.6 is 0 Å². The molecule has 0 amide bonds. The number of hydrogen-bond donors (Lipinski definition) is 0. The molecule has 1 aromatic carbocycles. The molecule has 0 aromatic heterocycles. The molecule has 0 unspecified atom stereocenters. The molecule has 1 aliphatic rings. The van der Waals surface area contributed by atoms with Gasteiger partial charge in [0, 0.05) is 30.5 Å². The molecule has 0 radical (unpaired) electrons. The van der Waals surface area contributed by atoms with Crippen LogP contribution in [0.1, 0.15) is 71.8 Å². The number of benzene rings is 1. The van der Waals surface area contributed by atoms with E-state index in [1.54, 1.807) is 6.07 Å². The monoisotopic (exact) mass is 357 g/mol. The summed E-state index contributed by atoms with van der Waals surface area (Å²) >= 11 is 0. The lowest BCUT2D eigenvalue weighted by molar-refractivity contribution is -0.384. The van der Waals surface area contributed by atoms with Gasteiger partial charge in [-0.15, -0.1) is 0 Å². The van der Waals surface area contributed by atoms with Crippen molar-refractivity contribution in [1.29, 1.82) is 5.26 Å². The van der Waals surface area contributed by atoms with Crippen LogP contribution in [0.15, 0.2) is 18.2 Å². The third-order valence-corrected chi connectivity index (χ3v) is 5.36. The maximum atomic E-state index is 11.8. The van der Waals surface area contributed by atoms with Gasteiger partial charge in [-0.1, -0.05) is 53.0 Å². The van der Waals surface area contributed by atoms with E-state index in [2.05, 4.69) is 24.8 Å². The van der Waals surface area contributed by atoms with Crippen LogP contribution in [0.2, 0.25) is 0 Å². The SMILES string of the molecule is CC(C)CN(c1ccc(C(C)(C)CC#N)cc1[N+](=O)[O-])C1CCCCC1. The zero-order valence-corrected chi connectivity index (χ0v) is 16.5. The molecular weight excluding hydrogens is 326 g/mol. The Hall–Kier alpha value is -2.09. The first-order valence-corrected chi connectivity index (χ1v) is 9.68. The van der Waals surface area contributed by atoms with E-state index in [1.165, 1.54) is 19.3 Å². The summed E-state index contributed by atoms with van der Waals surface area (Å²) in [5.74, 6) is 0.436. The van der Waals surface area contributed by atoms with Crippen molar-refractivity contribution in [2.45, 2.75) is 77.7 Å². The van der Waals surface area contributed by atoms with Crippen LogP contribution in [0.4, 0.5) is 11.4 Å².